The van der Waals surface area contributed by atoms with Crippen LogP contribution >= 0.6 is 0 Å². The summed E-state index contributed by atoms with van der Waals surface area (Å²) >= 11 is 0. The molecule has 0 rings (SSSR count). The van der Waals surface area contributed by atoms with Gasteiger partial charge in [-0.15, -0.1) is 0 Å². The first-order chi connectivity index (χ1) is 6.27. The molecule has 0 unspecified atom stereocenters. The second-order valence-corrected chi connectivity index (χ2v) is 13.9. The normalized spacial score (nSPS) is 12.9. The maximum Gasteiger partial charge on any atom is 0.198 e. The van der Waals surface area contributed by atoms with Crippen LogP contribution in [0.4, 0.5) is 0 Å². The summed E-state index contributed by atoms with van der Waals surface area (Å²) in [6.45, 7) is 13.6. The van der Waals surface area contributed by atoms with Gasteiger partial charge in [-0.2, -0.15) is 0 Å². The molecule has 2 nitrogen and oxygen atoms in total. The van der Waals surface area contributed by atoms with Gasteiger partial charge in [0, 0.05) is 0 Å². The van der Waals surface area contributed by atoms with Crippen molar-refractivity contribution in [2.24, 2.45) is 0 Å². The average Bonchev–Trinajstić information content (AvgIpc) is 1.93. The lowest BCUT2D eigenvalue weighted by Gasteiger charge is -2.28. The summed E-state index contributed by atoms with van der Waals surface area (Å²) in [5, 5.41) is 0. The van der Waals surface area contributed by atoms with Gasteiger partial charge in [0.1, 0.15) is 0 Å². The average molecular weight is 249 g/mol. The van der Waals surface area contributed by atoms with Crippen LogP contribution in [0.15, 0.2) is 11.8 Å². The number of allylic oxidation sites excluding steroid dienone is 1. The highest BCUT2D eigenvalue weighted by atomic mass is 28.4. The topological polar surface area (TPSA) is 40.7 Å². The molecule has 2 N–H and O–H groups in total. The summed E-state index contributed by atoms with van der Waals surface area (Å²) in [4.78, 5) is 0. The van der Waals surface area contributed by atoms with Gasteiger partial charge in [0.15, 0.2) is 16.6 Å². The van der Waals surface area contributed by atoms with Crippen molar-refractivity contribution < 1.29 is 9.59 Å². The minimum Gasteiger partial charge on any atom is -0.453 e. The summed E-state index contributed by atoms with van der Waals surface area (Å²) in [5.74, 6) is 0. The van der Waals surface area contributed by atoms with Gasteiger partial charge in [-0.3, -0.25) is 0 Å². The zero-order chi connectivity index (χ0) is 11.2. The van der Waals surface area contributed by atoms with Gasteiger partial charge >= 0.3 is 0 Å². The molecule has 0 fully saturated rings. The van der Waals surface area contributed by atoms with Crippen LogP contribution in [0.5, 0.6) is 0 Å². The van der Waals surface area contributed by atoms with Crippen molar-refractivity contribution in [2.75, 3.05) is 0 Å². The summed E-state index contributed by atoms with van der Waals surface area (Å²) < 4.78 is 6.20. The smallest absolute Gasteiger partial charge is 0.198 e. The van der Waals surface area contributed by atoms with Crippen molar-refractivity contribution in [3.8, 4) is 0 Å². The third-order valence-corrected chi connectivity index (χ3v) is 7.41. The quantitative estimate of drug-likeness (QED) is 0.524. The Morgan fingerprint density at radius 2 is 1.60 bits per heavy atom. The molecule has 92 valence electrons. The monoisotopic (exact) mass is 248 g/mol. The van der Waals surface area contributed by atoms with Crippen LogP contribution in [0.1, 0.15) is 26.2 Å². The second-order valence-electron chi connectivity index (χ2n) is 5.36. The fourth-order valence-electron chi connectivity index (χ4n) is 1.51. The Balaban J connectivity index is 0. The molecular formula is C11H28O2Si2. The molecule has 0 aliphatic carbocycles. The molecule has 0 bridgehead atoms. The van der Waals surface area contributed by atoms with E-state index in [-0.39, 0.29) is 5.48 Å². The predicted molar refractivity (Wildman–Crippen MR) is 74.2 cm³/mol. The molecule has 0 aromatic carbocycles. The fourth-order valence-corrected chi connectivity index (χ4v) is 8.83. The number of hydrogen-bond donors (Lipinski definition) is 0. The third kappa shape index (κ3) is 12.0. The summed E-state index contributed by atoms with van der Waals surface area (Å²) in [6, 6.07) is 0. The summed E-state index contributed by atoms with van der Waals surface area (Å²) in [5.41, 5.74) is 2.35. The van der Waals surface area contributed by atoms with E-state index < -0.39 is 16.6 Å². The highest BCUT2D eigenvalue weighted by molar-refractivity contribution is 6.86. The molecule has 0 saturated carbocycles. The lowest BCUT2D eigenvalue weighted by Crippen LogP contribution is -2.40. The van der Waals surface area contributed by atoms with Gasteiger partial charge in [0.2, 0.25) is 0 Å². The van der Waals surface area contributed by atoms with Gasteiger partial charge in [-0.05, 0) is 39.2 Å². The molecule has 0 radical (unpaired) electrons. The summed E-state index contributed by atoms with van der Waals surface area (Å²) in [6.07, 6.45) is 6.10. The van der Waals surface area contributed by atoms with E-state index in [9.17, 15) is 0 Å². The highest BCUT2D eigenvalue weighted by Crippen LogP contribution is 2.15. The maximum absolute atomic E-state index is 6.20. The molecule has 0 aromatic heterocycles. The highest BCUT2D eigenvalue weighted by Gasteiger charge is 2.26. The SMILES string of the molecule is CCCCC=C[Si](C)(C)O[Si](C)(C)C.O. The van der Waals surface area contributed by atoms with E-state index in [1.807, 2.05) is 0 Å². The van der Waals surface area contributed by atoms with Crippen molar-refractivity contribution in [1.82, 2.24) is 0 Å². The van der Waals surface area contributed by atoms with Gasteiger partial charge in [0.25, 0.3) is 0 Å². The van der Waals surface area contributed by atoms with E-state index in [2.05, 4.69) is 51.4 Å². The standard InChI is InChI=1S/C11H26OSi2.H2O/c1-7-8-9-10-11-14(5,6)12-13(2,3)4;/h10-11H,7-9H2,1-6H3;1H2. The van der Waals surface area contributed by atoms with E-state index in [0.29, 0.717) is 0 Å². The molecule has 0 heterocycles. The van der Waals surface area contributed by atoms with Crippen LogP contribution in [-0.4, -0.2) is 22.1 Å². The van der Waals surface area contributed by atoms with Gasteiger partial charge < -0.3 is 9.59 Å². The molecule has 0 saturated heterocycles. The Labute approximate surface area is 97.3 Å². The van der Waals surface area contributed by atoms with Crippen molar-refractivity contribution in [1.29, 1.82) is 0 Å². The van der Waals surface area contributed by atoms with E-state index in [0.717, 1.165) is 0 Å². The van der Waals surface area contributed by atoms with Gasteiger partial charge in [-0.1, -0.05) is 31.5 Å². The molecular weight excluding hydrogens is 220 g/mol. The maximum atomic E-state index is 6.20. The van der Waals surface area contributed by atoms with Crippen LogP contribution < -0.4 is 0 Å². The molecule has 0 atom stereocenters. The molecule has 0 amide bonds. The number of unbranched alkanes of at least 4 members (excludes halogenated alkanes) is 2. The lowest BCUT2D eigenvalue weighted by molar-refractivity contribution is 0.564. The molecule has 15 heavy (non-hydrogen) atoms. The van der Waals surface area contributed by atoms with Crippen LogP contribution in [0.3, 0.4) is 0 Å². The first kappa shape index (κ1) is 17.5. The Bertz CT molecular complexity index is 184. The zero-order valence-electron chi connectivity index (χ0n) is 11.2. The second kappa shape index (κ2) is 7.38. The minimum atomic E-state index is -1.51. The molecule has 4 heteroatoms. The Hall–Kier alpha value is 0.0938. The van der Waals surface area contributed by atoms with Crippen LogP contribution in [0, 0.1) is 0 Å². The number of rotatable bonds is 6. The van der Waals surface area contributed by atoms with Gasteiger partial charge in [0.05, 0.1) is 0 Å². The first-order valence-electron chi connectivity index (χ1n) is 5.65. The van der Waals surface area contributed by atoms with Crippen LogP contribution in [-0.2, 0) is 4.12 Å². The Morgan fingerprint density at radius 1 is 1.07 bits per heavy atom. The van der Waals surface area contributed by atoms with Crippen molar-refractivity contribution in [2.45, 2.75) is 58.9 Å². The minimum absolute atomic E-state index is 0. The zero-order valence-corrected chi connectivity index (χ0v) is 13.2. The van der Waals surface area contributed by atoms with Crippen molar-refractivity contribution in [3.05, 3.63) is 11.8 Å². The third-order valence-electron chi connectivity index (χ3n) is 1.81. The predicted octanol–water partition coefficient (Wildman–Crippen LogP) is 3.50. The Kier molecular flexibility index (Phi) is 8.60. The Morgan fingerprint density at radius 3 is 2.00 bits per heavy atom. The van der Waals surface area contributed by atoms with Crippen LogP contribution in [0.2, 0.25) is 32.7 Å². The van der Waals surface area contributed by atoms with E-state index in [1.54, 1.807) is 0 Å². The lowest BCUT2D eigenvalue weighted by atomic mass is 10.2. The molecule has 0 aliphatic heterocycles. The van der Waals surface area contributed by atoms with Crippen molar-refractivity contribution in [3.63, 3.8) is 0 Å². The summed E-state index contributed by atoms with van der Waals surface area (Å²) in [7, 11) is -2.86. The van der Waals surface area contributed by atoms with E-state index in [4.69, 9.17) is 4.12 Å². The van der Waals surface area contributed by atoms with Crippen molar-refractivity contribution >= 4 is 16.6 Å². The number of hydrogen-bond acceptors (Lipinski definition) is 1. The fraction of sp³-hybridized carbons (Fsp3) is 0.818. The van der Waals surface area contributed by atoms with E-state index >= 15 is 0 Å². The van der Waals surface area contributed by atoms with Crippen LogP contribution in [0.25, 0.3) is 0 Å². The van der Waals surface area contributed by atoms with E-state index in [1.165, 1.54) is 19.3 Å². The largest absolute Gasteiger partial charge is 0.453 e. The van der Waals surface area contributed by atoms with Gasteiger partial charge in [-0.25, -0.2) is 0 Å². The molecule has 0 aliphatic rings. The molecule has 0 spiro atoms. The first-order valence-corrected chi connectivity index (χ1v) is 12.0. The molecule has 0 aromatic rings.